The lowest BCUT2D eigenvalue weighted by Crippen LogP contribution is -2.44. The van der Waals surface area contributed by atoms with Gasteiger partial charge in [0.1, 0.15) is 5.75 Å². The van der Waals surface area contributed by atoms with Gasteiger partial charge in [-0.05, 0) is 36.2 Å². The first-order valence-electron chi connectivity index (χ1n) is 10.5. The Morgan fingerprint density at radius 2 is 1.90 bits per heavy atom. The monoisotopic (exact) mass is 395 g/mol. The van der Waals surface area contributed by atoms with Crippen LogP contribution in [-0.4, -0.2) is 67.0 Å². The van der Waals surface area contributed by atoms with Crippen LogP contribution in [0.2, 0.25) is 0 Å². The van der Waals surface area contributed by atoms with Crippen molar-refractivity contribution in [3.05, 3.63) is 65.7 Å². The topological polar surface area (TPSA) is 36.0 Å². The Hall–Kier alpha value is -2.37. The van der Waals surface area contributed by atoms with Gasteiger partial charge in [-0.15, -0.1) is 0 Å². The molecular weight excluding hydrogens is 362 g/mol. The van der Waals surface area contributed by atoms with Crippen molar-refractivity contribution in [1.82, 2.24) is 14.7 Å². The van der Waals surface area contributed by atoms with Crippen molar-refractivity contribution in [2.75, 3.05) is 40.3 Å². The van der Waals surface area contributed by atoms with Gasteiger partial charge >= 0.3 is 0 Å². The van der Waals surface area contributed by atoms with Crippen LogP contribution in [0.15, 0.2) is 54.6 Å². The van der Waals surface area contributed by atoms with Crippen LogP contribution in [0.25, 0.3) is 0 Å². The van der Waals surface area contributed by atoms with Gasteiger partial charge in [-0.2, -0.15) is 0 Å². The van der Waals surface area contributed by atoms with E-state index in [1.54, 1.807) is 7.11 Å². The molecule has 1 aliphatic rings. The molecule has 5 nitrogen and oxygen atoms in total. The first-order chi connectivity index (χ1) is 14.1. The van der Waals surface area contributed by atoms with Crippen molar-refractivity contribution >= 4 is 5.91 Å². The largest absolute Gasteiger partial charge is 0.497 e. The second-order valence-electron chi connectivity index (χ2n) is 7.83. The van der Waals surface area contributed by atoms with E-state index in [0.29, 0.717) is 19.1 Å². The summed E-state index contributed by atoms with van der Waals surface area (Å²) in [6, 6.07) is 19.0. The lowest BCUT2D eigenvalue weighted by molar-refractivity contribution is -0.132. The molecule has 0 aromatic heterocycles. The third-order valence-electron chi connectivity index (χ3n) is 5.74. The summed E-state index contributed by atoms with van der Waals surface area (Å²) in [6.07, 6.45) is 1.12. The molecule has 1 atom stereocenters. The highest BCUT2D eigenvalue weighted by Gasteiger charge is 2.28. The van der Waals surface area contributed by atoms with Crippen molar-refractivity contribution < 1.29 is 9.53 Å². The number of hydrogen-bond donors (Lipinski definition) is 0. The first-order valence-corrected chi connectivity index (χ1v) is 10.5. The average Bonchev–Trinajstić information content (AvgIpc) is 3.20. The normalized spacial score (nSPS) is 16.9. The van der Waals surface area contributed by atoms with Crippen molar-refractivity contribution in [3.8, 4) is 5.75 Å². The van der Waals surface area contributed by atoms with E-state index in [9.17, 15) is 4.79 Å². The highest BCUT2D eigenvalue weighted by atomic mass is 16.5. The number of ether oxygens (including phenoxy) is 1. The number of rotatable bonds is 9. The molecule has 0 bridgehead atoms. The molecule has 1 saturated heterocycles. The molecule has 2 aromatic carbocycles. The zero-order valence-corrected chi connectivity index (χ0v) is 17.9. The van der Waals surface area contributed by atoms with Crippen LogP contribution in [0.3, 0.4) is 0 Å². The highest BCUT2D eigenvalue weighted by Crippen LogP contribution is 2.19. The van der Waals surface area contributed by atoms with Gasteiger partial charge in [0.05, 0.1) is 13.7 Å². The van der Waals surface area contributed by atoms with Crippen molar-refractivity contribution in [2.45, 2.75) is 32.5 Å². The summed E-state index contributed by atoms with van der Waals surface area (Å²) >= 11 is 0. The van der Waals surface area contributed by atoms with Crippen LogP contribution in [0.5, 0.6) is 5.75 Å². The summed E-state index contributed by atoms with van der Waals surface area (Å²) in [5.74, 6) is 0.985. The minimum Gasteiger partial charge on any atom is -0.497 e. The lowest BCUT2D eigenvalue weighted by Gasteiger charge is -2.29. The van der Waals surface area contributed by atoms with Crippen LogP contribution in [0, 0.1) is 0 Å². The third kappa shape index (κ3) is 6.05. The van der Waals surface area contributed by atoms with E-state index >= 15 is 0 Å². The second-order valence-corrected chi connectivity index (χ2v) is 7.83. The van der Waals surface area contributed by atoms with E-state index in [0.717, 1.165) is 43.9 Å². The highest BCUT2D eigenvalue weighted by molar-refractivity contribution is 5.78. The van der Waals surface area contributed by atoms with Gasteiger partial charge in [0.25, 0.3) is 0 Å². The summed E-state index contributed by atoms with van der Waals surface area (Å²) in [7, 11) is 3.54. The van der Waals surface area contributed by atoms with E-state index in [2.05, 4.69) is 47.1 Å². The molecule has 0 radical (unpaired) electrons. The van der Waals surface area contributed by atoms with Gasteiger partial charge in [0.15, 0.2) is 0 Å². The molecule has 1 amide bonds. The summed E-state index contributed by atoms with van der Waals surface area (Å²) in [6.45, 7) is 7.20. The number of carbonyl (C=O) groups excluding carboxylic acids is 1. The van der Waals surface area contributed by atoms with E-state index in [-0.39, 0.29) is 5.91 Å². The Morgan fingerprint density at radius 1 is 1.14 bits per heavy atom. The van der Waals surface area contributed by atoms with E-state index in [4.69, 9.17) is 4.74 Å². The van der Waals surface area contributed by atoms with Crippen molar-refractivity contribution in [1.29, 1.82) is 0 Å². The SMILES string of the molecule is CCN(CC(=O)N(C)Cc1cccc(OC)c1)C1CCN(Cc2ccccc2)C1. The van der Waals surface area contributed by atoms with Crippen LogP contribution in [0.1, 0.15) is 24.5 Å². The van der Waals surface area contributed by atoms with Gasteiger partial charge < -0.3 is 9.64 Å². The zero-order chi connectivity index (χ0) is 20.6. The minimum atomic E-state index is 0.163. The predicted molar refractivity (Wildman–Crippen MR) is 117 cm³/mol. The maximum atomic E-state index is 12.8. The molecule has 5 heteroatoms. The maximum absolute atomic E-state index is 12.8. The van der Waals surface area contributed by atoms with Crippen molar-refractivity contribution in [2.24, 2.45) is 0 Å². The van der Waals surface area contributed by atoms with Crippen LogP contribution >= 0.6 is 0 Å². The standard InChI is InChI=1S/C24H33N3O2/c1-4-27(22-13-14-26(18-22)17-20-9-6-5-7-10-20)19-24(28)25(2)16-21-11-8-12-23(15-21)29-3/h5-12,15,22H,4,13-14,16-19H2,1-3H3. The van der Waals surface area contributed by atoms with Gasteiger partial charge in [-0.25, -0.2) is 0 Å². The summed E-state index contributed by atoms with van der Waals surface area (Å²) in [5.41, 5.74) is 2.43. The number of carbonyl (C=O) groups is 1. The zero-order valence-electron chi connectivity index (χ0n) is 17.9. The molecule has 156 valence electrons. The molecule has 2 aromatic rings. The summed E-state index contributed by atoms with van der Waals surface area (Å²) in [4.78, 5) is 19.5. The molecule has 0 spiro atoms. The van der Waals surface area contributed by atoms with Gasteiger partial charge in [0, 0.05) is 39.3 Å². The number of likely N-dealkylation sites (tertiary alicyclic amines) is 1. The quantitative estimate of drug-likeness (QED) is 0.653. The number of nitrogens with zero attached hydrogens (tertiary/aromatic N) is 3. The summed E-state index contributed by atoms with van der Waals surface area (Å²) in [5, 5.41) is 0. The van der Waals surface area contributed by atoms with Gasteiger partial charge in [0.2, 0.25) is 5.91 Å². The number of hydrogen-bond acceptors (Lipinski definition) is 4. The fourth-order valence-electron chi connectivity index (χ4n) is 4.02. The molecule has 29 heavy (non-hydrogen) atoms. The maximum Gasteiger partial charge on any atom is 0.236 e. The molecular formula is C24H33N3O2. The molecule has 0 N–H and O–H groups in total. The molecule has 1 aliphatic heterocycles. The van der Waals surface area contributed by atoms with E-state index in [1.807, 2.05) is 36.2 Å². The van der Waals surface area contributed by atoms with Gasteiger partial charge in [-0.3, -0.25) is 14.6 Å². The third-order valence-corrected chi connectivity index (χ3v) is 5.74. The Labute approximate surface area is 174 Å². The smallest absolute Gasteiger partial charge is 0.236 e. The van der Waals surface area contributed by atoms with E-state index < -0.39 is 0 Å². The number of likely N-dealkylation sites (N-methyl/N-ethyl adjacent to an activating group) is 2. The predicted octanol–water partition coefficient (Wildman–Crippen LogP) is 3.25. The molecule has 1 unspecified atom stereocenters. The van der Waals surface area contributed by atoms with Gasteiger partial charge in [-0.1, -0.05) is 49.4 Å². The Morgan fingerprint density at radius 3 is 2.62 bits per heavy atom. The number of benzene rings is 2. The average molecular weight is 396 g/mol. The summed E-state index contributed by atoms with van der Waals surface area (Å²) < 4.78 is 5.28. The number of amides is 1. The lowest BCUT2D eigenvalue weighted by atomic mass is 10.2. The van der Waals surface area contributed by atoms with Crippen LogP contribution in [-0.2, 0) is 17.9 Å². The van der Waals surface area contributed by atoms with Crippen LogP contribution in [0.4, 0.5) is 0 Å². The van der Waals surface area contributed by atoms with Crippen LogP contribution < -0.4 is 4.74 Å². The van der Waals surface area contributed by atoms with Crippen molar-refractivity contribution in [3.63, 3.8) is 0 Å². The fraction of sp³-hybridized carbons (Fsp3) is 0.458. The molecule has 0 saturated carbocycles. The first kappa shape index (κ1) is 21.3. The number of methoxy groups -OCH3 is 1. The fourth-order valence-corrected chi connectivity index (χ4v) is 4.02. The Bertz CT molecular complexity index is 781. The molecule has 1 fully saturated rings. The molecule has 1 heterocycles. The Kier molecular flexibility index (Phi) is 7.67. The molecule has 0 aliphatic carbocycles. The minimum absolute atomic E-state index is 0.163. The molecule has 3 rings (SSSR count). The second kappa shape index (κ2) is 10.4. The Balaban J connectivity index is 1.51. The van der Waals surface area contributed by atoms with E-state index in [1.165, 1.54) is 5.56 Å².